The van der Waals surface area contributed by atoms with E-state index in [9.17, 15) is 4.79 Å². The van der Waals surface area contributed by atoms with Crippen LogP contribution in [0.3, 0.4) is 0 Å². The number of carbonyl (C=O) groups excluding carboxylic acids is 1. The van der Waals surface area contributed by atoms with E-state index in [1.807, 2.05) is 0 Å². The summed E-state index contributed by atoms with van der Waals surface area (Å²) in [5.41, 5.74) is 0.565. The molecule has 1 aliphatic rings. The van der Waals surface area contributed by atoms with E-state index >= 15 is 0 Å². The van der Waals surface area contributed by atoms with Crippen molar-refractivity contribution in [3.63, 3.8) is 0 Å². The van der Waals surface area contributed by atoms with E-state index in [2.05, 4.69) is 21.2 Å². The molecule has 0 spiro atoms. The van der Waals surface area contributed by atoms with Crippen molar-refractivity contribution in [1.82, 2.24) is 5.32 Å². The molecule has 1 N–H and O–H groups in total. The van der Waals surface area contributed by atoms with Crippen LogP contribution in [0.1, 0.15) is 23.2 Å². The minimum atomic E-state index is -0.108. The van der Waals surface area contributed by atoms with Crippen LogP contribution in [0.2, 0.25) is 5.02 Å². The maximum Gasteiger partial charge on any atom is 0.251 e. The molecule has 1 aromatic carbocycles. The van der Waals surface area contributed by atoms with Gasteiger partial charge in [-0.2, -0.15) is 0 Å². The molecule has 92 valence electrons. The fourth-order valence-corrected chi connectivity index (χ4v) is 2.67. The van der Waals surface area contributed by atoms with Gasteiger partial charge in [-0.05, 0) is 31.0 Å². The quantitative estimate of drug-likeness (QED) is 0.910. The number of rotatable bonds is 2. The zero-order valence-corrected chi connectivity index (χ0v) is 11.6. The van der Waals surface area contributed by atoms with Gasteiger partial charge in [-0.1, -0.05) is 27.5 Å². The Bertz CT molecular complexity index is 399. The Hall–Kier alpha value is -0.580. The lowest BCUT2D eigenvalue weighted by Gasteiger charge is -2.23. The first-order valence-electron chi connectivity index (χ1n) is 5.50. The summed E-state index contributed by atoms with van der Waals surface area (Å²) in [6, 6.07) is 5.27. The van der Waals surface area contributed by atoms with Gasteiger partial charge in [0.2, 0.25) is 0 Å². The molecule has 1 amide bonds. The summed E-state index contributed by atoms with van der Waals surface area (Å²) < 4.78 is 6.12. The Morgan fingerprint density at radius 3 is 2.94 bits per heavy atom. The van der Waals surface area contributed by atoms with Crippen molar-refractivity contribution < 1.29 is 9.53 Å². The summed E-state index contributed by atoms with van der Waals surface area (Å²) >= 11 is 9.22. The van der Waals surface area contributed by atoms with Gasteiger partial charge in [0.15, 0.2) is 0 Å². The molecule has 1 fully saturated rings. The number of hydrogen-bond acceptors (Lipinski definition) is 2. The second kappa shape index (κ2) is 5.85. The van der Waals surface area contributed by atoms with Crippen molar-refractivity contribution in [2.45, 2.75) is 18.9 Å². The summed E-state index contributed by atoms with van der Waals surface area (Å²) in [5, 5.41) is 3.49. The molecule has 0 aliphatic carbocycles. The van der Waals surface area contributed by atoms with Gasteiger partial charge in [0.05, 0.1) is 12.6 Å². The second-order valence-electron chi connectivity index (χ2n) is 4.05. The molecule has 0 aromatic heterocycles. The number of amides is 1. The monoisotopic (exact) mass is 317 g/mol. The van der Waals surface area contributed by atoms with Crippen LogP contribution in [0, 0.1) is 0 Å². The summed E-state index contributed by atoms with van der Waals surface area (Å²) in [5.74, 6) is -0.108. The molecule has 1 heterocycles. The number of carbonyl (C=O) groups is 1. The van der Waals surface area contributed by atoms with Crippen molar-refractivity contribution in [2.24, 2.45) is 0 Å². The summed E-state index contributed by atoms with van der Waals surface area (Å²) in [6.45, 7) is 1.38. The lowest BCUT2D eigenvalue weighted by Crippen LogP contribution is -2.40. The van der Waals surface area contributed by atoms with Crippen LogP contribution in [0.25, 0.3) is 0 Å². The topological polar surface area (TPSA) is 38.3 Å². The highest BCUT2D eigenvalue weighted by atomic mass is 79.9. The largest absolute Gasteiger partial charge is 0.379 e. The van der Waals surface area contributed by atoms with Gasteiger partial charge in [0, 0.05) is 21.7 Å². The van der Waals surface area contributed by atoms with E-state index in [1.165, 1.54) is 0 Å². The Labute approximate surface area is 114 Å². The molecular weight excluding hydrogens is 305 g/mol. The van der Waals surface area contributed by atoms with E-state index in [0.29, 0.717) is 17.2 Å². The van der Waals surface area contributed by atoms with Gasteiger partial charge >= 0.3 is 0 Å². The fourth-order valence-electron chi connectivity index (χ4n) is 1.81. The van der Waals surface area contributed by atoms with Crippen molar-refractivity contribution in [3.8, 4) is 0 Å². The Morgan fingerprint density at radius 1 is 1.47 bits per heavy atom. The molecule has 0 radical (unpaired) electrons. The van der Waals surface area contributed by atoms with Crippen LogP contribution >= 0.6 is 27.5 Å². The average molecular weight is 319 g/mol. The SMILES string of the molecule is O=C(NC1CCCOC1)c1cc(Cl)cc(Br)c1. The van der Waals surface area contributed by atoms with Crippen LogP contribution in [0.4, 0.5) is 0 Å². The van der Waals surface area contributed by atoms with Crippen molar-refractivity contribution >= 4 is 33.4 Å². The highest BCUT2D eigenvalue weighted by molar-refractivity contribution is 9.10. The highest BCUT2D eigenvalue weighted by Gasteiger charge is 2.17. The molecule has 2 rings (SSSR count). The van der Waals surface area contributed by atoms with E-state index in [-0.39, 0.29) is 11.9 Å². The summed E-state index contributed by atoms with van der Waals surface area (Å²) in [6.07, 6.45) is 1.96. The minimum absolute atomic E-state index is 0.106. The summed E-state index contributed by atoms with van der Waals surface area (Å²) in [4.78, 5) is 12.0. The number of hydrogen-bond donors (Lipinski definition) is 1. The van der Waals surface area contributed by atoms with E-state index < -0.39 is 0 Å². The molecule has 0 saturated carbocycles. The number of halogens is 2. The highest BCUT2D eigenvalue weighted by Crippen LogP contribution is 2.19. The molecule has 1 aromatic rings. The molecule has 1 atom stereocenters. The van der Waals surface area contributed by atoms with Crippen molar-refractivity contribution in [2.75, 3.05) is 13.2 Å². The zero-order chi connectivity index (χ0) is 12.3. The minimum Gasteiger partial charge on any atom is -0.379 e. The number of benzene rings is 1. The third kappa shape index (κ3) is 3.69. The molecular formula is C12H13BrClNO2. The Morgan fingerprint density at radius 2 is 2.29 bits per heavy atom. The lowest BCUT2D eigenvalue weighted by atomic mass is 10.1. The molecule has 0 bridgehead atoms. The molecule has 3 nitrogen and oxygen atoms in total. The third-order valence-corrected chi connectivity index (χ3v) is 3.30. The maximum atomic E-state index is 12.0. The van der Waals surface area contributed by atoms with Crippen LogP contribution in [-0.4, -0.2) is 25.2 Å². The van der Waals surface area contributed by atoms with Gasteiger partial charge < -0.3 is 10.1 Å². The average Bonchev–Trinajstić information content (AvgIpc) is 2.29. The molecule has 1 aliphatic heterocycles. The van der Waals surface area contributed by atoms with Gasteiger partial charge in [0.25, 0.3) is 5.91 Å². The predicted octanol–water partition coefficient (Wildman–Crippen LogP) is 3.01. The standard InChI is InChI=1S/C12H13BrClNO2/c13-9-4-8(5-10(14)6-9)12(16)15-11-2-1-3-17-7-11/h4-6,11H,1-3,7H2,(H,15,16). The van der Waals surface area contributed by atoms with E-state index in [0.717, 1.165) is 23.9 Å². The van der Waals surface area contributed by atoms with Crippen LogP contribution in [-0.2, 0) is 4.74 Å². The first-order valence-corrected chi connectivity index (χ1v) is 6.67. The lowest BCUT2D eigenvalue weighted by molar-refractivity contribution is 0.0624. The first-order chi connectivity index (χ1) is 8.15. The molecule has 1 saturated heterocycles. The first kappa shape index (κ1) is 12.9. The van der Waals surface area contributed by atoms with Crippen molar-refractivity contribution in [1.29, 1.82) is 0 Å². The van der Waals surface area contributed by atoms with Gasteiger partial charge in [-0.3, -0.25) is 4.79 Å². The fraction of sp³-hybridized carbons (Fsp3) is 0.417. The van der Waals surface area contributed by atoms with Crippen molar-refractivity contribution in [3.05, 3.63) is 33.3 Å². The van der Waals surface area contributed by atoms with Gasteiger partial charge in [-0.15, -0.1) is 0 Å². The third-order valence-electron chi connectivity index (χ3n) is 2.62. The number of nitrogens with one attached hydrogen (secondary N) is 1. The van der Waals surface area contributed by atoms with Gasteiger partial charge in [0.1, 0.15) is 0 Å². The zero-order valence-electron chi connectivity index (χ0n) is 9.21. The smallest absolute Gasteiger partial charge is 0.251 e. The molecule has 1 unspecified atom stereocenters. The molecule has 17 heavy (non-hydrogen) atoms. The summed E-state index contributed by atoms with van der Waals surface area (Å²) in [7, 11) is 0. The number of ether oxygens (including phenoxy) is 1. The Kier molecular flexibility index (Phi) is 4.42. The van der Waals surface area contributed by atoms with Crippen LogP contribution in [0.15, 0.2) is 22.7 Å². The van der Waals surface area contributed by atoms with Crippen LogP contribution in [0.5, 0.6) is 0 Å². The van der Waals surface area contributed by atoms with E-state index in [1.54, 1.807) is 18.2 Å². The van der Waals surface area contributed by atoms with Crippen LogP contribution < -0.4 is 5.32 Å². The maximum absolute atomic E-state index is 12.0. The predicted molar refractivity (Wildman–Crippen MR) is 70.5 cm³/mol. The Balaban J connectivity index is 2.03. The normalized spacial score (nSPS) is 20.0. The van der Waals surface area contributed by atoms with Gasteiger partial charge in [-0.25, -0.2) is 0 Å². The van der Waals surface area contributed by atoms with E-state index in [4.69, 9.17) is 16.3 Å². The second-order valence-corrected chi connectivity index (χ2v) is 5.40. The molecule has 5 heteroatoms.